The van der Waals surface area contributed by atoms with Crippen molar-refractivity contribution < 1.29 is 9.59 Å². The monoisotopic (exact) mass is 222 g/mol. The second-order valence-electron chi connectivity index (χ2n) is 3.35. The summed E-state index contributed by atoms with van der Waals surface area (Å²) in [5.41, 5.74) is 3.18. The van der Waals surface area contributed by atoms with Gasteiger partial charge in [-0.3, -0.25) is 14.5 Å². The number of amides is 2. The number of hydrogen-bond acceptors (Lipinski definition) is 4. The van der Waals surface area contributed by atoms with E-state index in [0.29, 0.717) is 18.5 Å². The van der Waals surface area contributed by atoms with Gasteiger partial charge in [0.25, 0.3) is 11.8 Å². The fraction of sp³-hybridized carbons (Fsp3) is 0.300. The predicted molar refractivity (Wildman–Crippen MR) is 56.3 cm³/mol. The van der Waals surface area contributed by atoms with Crippen molar-refractivity contribution in [3.8, 4) is 0 Å². The van der Waals surface area contributed by atoms with Crippen molar-refractivity contribution in [2.45, 2.75) is 13.3 Å². The Morgan fingerprint density at radius 2 is 2.27 bits per heavy atom. The van der Waals surface area contributed by atoms with Gasteiger partial charge in [-0.05, 0) is 6.92 Å². The van der Waals surface area contributed by atoms with Crippen LogP contribution < -0.4 is 0 Å². The van der Waals surface area contributed by atoms with Gasteiger partial charge in [-0.15, -0.1) is 11.3 Å². The van der Waals surface area contributed by atoms with Crippen molar-refractivity contribution in [1.29, 1.82) is 0 Å². The Labute approximate surface area is 91.2 Å². The SMILES string of the molecule is CC1=CC(=O)N(CCc2cscn2)C1=O. The first-order chi connectivity index (χ1) is 7.18. The van der Waals surface area contributed by atoms with Crippen LogP contribution in [0.15, 0.2) is 22.5 Å². The van der Waals surface area contributed by atoms with Crippen LogP contribution in [-0.4, -0.2) is 28.2 Å². The van der Waals surface area contributed by atoms with E-state index in [0.717, 1.165) is 5.69 Å². The largest absolute Gasteiger partial charge is 0.275 e. The molecule has 2 heterocycles. The van der Waals surface area contributed by atoms with Crippen LogP contribution in [0.3, 0.4) is 0 Å². The maximum Gasteiger partial charge on any atom is 0.256 e. The smallest absolute Gasteiger partial charge is 0.256 e. The van der Waals surface area contributed by atoms with Gasteiger partial charge in [-0.2, -0.15) is 0 Å². The molecule has 0 saturated carbocycles. The van der Waals surface area contributed by atoms with E-state index < -0.39 is 0 Å². The van der Waals surface area contributed by atoms with Gasteiger partial charge in [0.2, 0.25) is 0 Å². The number of carbonyl (C=O) groups excluding carboxylic acids is 2. The number of rotatable bonds is 3. The van der Waals surface area contributed by atoms with Gasteiger partial charge < -0.3 is 0 Å². The average molecular weight is 222 g/mol. The molecular weight excluding hydrogens is 212 g/mol. The highest BCUT2D eigenvalue weighted by Crippen LogP contribution is 2.12. The fourth-order valence-corrected chi connectivity index (χ4v) is 2.03. The Bertz CT molecular complexity index is 423. The summed E-state index contributed by atoms with van der Waals surface area (Å²) in [5.74, 6) is -0.400. The van der Waals surface area contributed by atoms with Crippen LogP contribution in [0.25, 0.3) is 0 Å². The highest BCUT2D eigenvalue weighted by atomic mass is 32.1. The first kappa shape index (κ1) is 10.0. The van der Waals surface area contributed by atoms with Gasteiger partial charge in [0.1, 0.15) is 0 Å². The van der Waals surface area contributed by atoms with Crippen molar-refractivity contribution in [2.24, 2.45) is 0 Å². The molecule has 4 nitrogen and oxygen atoms in total. The van der Waals surface area contributed by atoms with Gasteiger partial charge in [0, 0.05) is 30.0 Å². The standard InChI is InChI=1S/C10H10N2O2S/c1-7-4-9(13)12(10(7)14)3-2-8-5-15-6-11-8/h4-6H,2-3H2,1H3. The molecule has 0 radical (unpaired) electrons. The van der Waals surface area contributed by atoms with E-state index in [-0.39, 0.29) is 11.8 Å². The van der Waals surface area contributed by atoms with Crippen molar-refractivity contribution in [3.63, 3.8) is 0 Å². The van der Waals surface area contributed by atoms with Crippen LogP contribution in [-0.2, 0) is 16.0 Å². The number of imide groups is 1. The third kappa shape index (κ3) is 1.97. The van der Waals surface area contributed by atoms with Crippen LogP contribution in [0.2, 0.25) is 0 Å². The molecule has 1 aliphatic rings. The third-order valence-electron chi connectivity index (χ3n) is 2.26. The molecule has 0 unspecified atom stereocenters. The molecule has 15 heavy (non-hydrogen) atoms. The Morgan fingerprint density at radius 3 is 2.80 bits per heavy atom. The van der Waals surface area contributed by atoms with E-state index in [9.17, 15) is 9.59 Å². The number of nitrogens with zero attached hydrogens (tertiary/aromatic N) is 2. The lowest BCUT2D eigenvalue weighted by atomic mass is 10.3. The van der Waals surface area contributed by atoms with Crippen molar-refractivity contribution in [1.82, 2.24) is 9.88 Å². The molecule has 0 aromatic carbocycles. The van der Waals surface area contributed by atoms with Gasteiger partial charge in [-0.1, -0.05) is 0 Å². The summed E-state index contributed by atoms with van der Waals surface area (Å²) in [6.45, 7) is 2.07. The molecule has 0 fully saturated rings. The first-order valence-corrected chi connectivity index (χ1v) is 5.54. The quantitative estimate of drug-likeness (QED) is 0.717. The Morgan fingerprint density at radius 1 is 1.47 bits per heavy atom. The summed E-state index contributed by atoms with van der Waals surface area (Å²) in [6, 6.07) is 0. The van der Waals surface area contributed by atoms with E-state index in [1.165, 1.54) is 22.3 Å². The second kappa shape index (κ2) is 3.94. The maximum absolute atomic E-state index is 11.5. The summed E-state index contributed by atoms with van der Waals surface area (Å²) in [5, 5.41) is 1.92. The lowest BCUT2D eigenvalue weighted by Gasteiger charge is -2.12. The molecule has 0 N–H and O–H groups in total. The molecule has 2 amide bonds. The van der Waals surface area contributed by atoms with Crippen LogP contribution in [0.4, 0.5) is 0 Å². The zero-order valence-corrected chi connectivity index (χ0v) is 9.08. The Kier molecular flexibility index (Phi) is 2.64. The summed E-state index contributed by atoms with van der Waals surface area (Å²) in [6.07, 6.45) is 2.01. The topological polar surface area (TPSA) is 50.3 Å². The van der Waals surface area contributed by atoms with E-state index in [4.69, 9.17) is 0 Å². The zero-order valence-electron chi connectivity index (χ0n) is 8.27. The van der Waals surface area contributed by atoms with E-state index in [1.54, 1.807) is 12.4 Å². The van der Waals surface area contributed by atoms with Gasteiger partial charge in [0.05, 0.1) is 11.2 Å². The van der Waals surface area contributed by atoms with Crippen molar-refractivity contribution in [2.75, 3.05) is 6.54 Å². The van der Waals surface area contributed by atoms with Crippen LogP contribution >= 0.6 is 11.3 Å². The normalized spacial score (nSPS) is 16.1. The molecule has 2 rings (SSSR count). The summed E-state index contributed by atoms with van der Waals surface area (Å²) in [4.78, 5) is 28.2. The van der Waals surface area contributed by atoms with Crippen LogP contribution in [0, 0.1) is 0 Å². The maximum atomic E-state index is 11.5. The second-order valence-corrected chi connectivity index (χ2v) is 4.07. The molecule has 1 aromatic rings. The molecule has 0 atom stereocenters. The van der Waals surface area contributed by atoms with E-state index in [1.807, 2.05) is 5.38 Å². The fourth-order valence-electron chi connectivity index (χ4n) is 1.44. The number of aromatic nitrogens is 1. The minimum atomic E-state index is -0.215. The molecule has 5 heteroatoms. The third-order valence-corrected chi connectivity index (χ3v) is 2.90. The first-order valence-electron chi connectivity index (χ1n) is 4.59. The van der Waals surface area contributed by atoms with E-state index in [2.05, 4.69) is 4.98 Å². The number of carbonyl (C=O) groups is 2. The van der Waals surface area contributed by atoms with Crippen LogP contribution in [0.1, 0.15) is 12.6 Å². The summed E-state index contributed by atoms with van der Waals surface area (Å²) < 4.78 is 0. The Balaban J connectivity index is 1.97. The lowest BCUT2D eigenvalue weighted by Crippen LogP contribution is -2.32. The molecular formula is C10H10N2O2S. The highest BCUT2D eigenvalue weighted by molar-refractivity contribution is 7.07. The minimum absolute atomic E-state index is 0.185. The van der Waals surface area contributed by atoms with Gasteiger partial charge >= 0.3 is 0 Å². The lowest BCUT2D eigenvalue weighted by molar-refractivity contribution is -0.137. The molecule has 0 saturated heterocycles. The molecule has 0 spiro atoms. The minimum Gasteiger partial charge on any atom is -0.275 e. The average Bonchev–Trinajstić information content (AvgIpc) is 2.76. The van der Waals surface area contributed by atoms with Crippen molar-refractivity contribution in [3.05, 3.63) is 28.2 Å². The summed E-state index contributed by atoms with van der Waals surface area (Å²) >= 11 is 1.51. The van der Waals surface area contributed by atoms with Gasteiger partial charge in [-0.25, -0.2) is 4.98 Å². The van der Waals surface area contributed by atoms with Crippen LogP contribution in [0.5, 0.6) is 0 Å². The highest BCUT2D eigenvalue weighted by Gasteiger charge is 2.27. The molecule has 1 aromatic heterocycles. The predicted octanol–water partition coefficient (Wildman–Crippen LogP) is 1.00. The molecule has 0 bridgehead atoms. The molecule has 78 valence electrons. The number of thiazole rings is 1. The summed E-state index contributed by atoms with van der Waals surface area (Å²) in [7, 11) is 0. The molecule has 0 aliphatic carbocycles. The van der Waals surface area contributed by atoms with Gasteiger partial charge in [0.15, 0.2) is 0 Å². The number of hydrogen-bond donors (Lipinski definition) is 0. The Hall–Kier alpha value is -1.49. The van der Waals surface area contributed by atoms with E-state index >= 15 is 0 Å². The van der Waals surface area contributed by atoms with Crippen molar-refractivity contribution >= 4 is 23.2 Å². The zero-order chi connectivity index (χ0) is 10.8. The molecule has 1 aliphatic heterocycles.